The van der Waals surface area contributed by atoms with Crippen molar-refractivity contribution in [3.8, 4) is 0 Å². The molecule has 0 spiro atoms. The standard InChI is InChI=1S/C18H25ClN2O3S/c1-12-3-5-13(6-4-12)21(14-7-8-14)18(22)16-11-15(9-10-17(16)19)25(23,24)20-2/h9-14,20H,3-8H2,1-2H3. The Labute approximate surface area is 154 Å². The highest BCUT2D eigenvalue weighted by Crippen LogP contribution is 2.37. The number of sulfonamides is 1. The SMILES string of the molecule is CNS(=O)(=O)c1ccc(Cl)c(C(=O)N(C2CCC(C)CC2)C2CC2)c1. The molecule has 1 N–H and O–H groups in total. The number of carbonyl (C=O) groups is 1. The maximum atomic E-state index is 13.2. The molecule has 0 heterocycles. The average molecular weight is 385 g/mol. The van der Waals surface area contributed by atoms with E-state index >= 15 is 0 Å². The molecule has 0 aliphatic heterocycles. The van der Waals surface area contributed by atoms with Gasteiger partial charge in [-0.05, 0) is 69.7 Å². The molecule has 0 radical (unpaired) electrons. The summed E-state index contributed by atoms with van der Waals surface area (Å²) >= 11 is 6.25. The number of hydrogen-bond acceptors (Lipinski definition) is 3. The zero-order valence-electron chi connectivity index (χ0n) is 14.7. The fourth-order valence-electron chi connectivity index (χ4n) is 3.60. The van der Waals surface area contributed by atoms with Gasteiger partial charge in [-0.2, -0.15) is 0 Å². The molecule has 2 aliphatic rings. The molecule has 0 bridgehead atoms. The van der Waals surface area contributed by atoms with Gasteiger partial charge in [-0.15, -0.1) is 0 Å². The first-order chi connectivity index (χ1) is 11.8. The molecule has 0 saturated heterocycles. The van der Waals surface area contributed by atoms with Gasteiger partial charge in [0.05, 0.1) is 15.5 Å². The molecule has 138 valence electrons. The van der Waals surface area contributed by atoms with Crippen LogP contribution in [0, 0.1) is 5.92 Å². The van der Waals surface area contributed by atoms with Gasteiger partial charge in [-0.25, -0.2) is 13.1 Å². The lowest BCUT2D eigenvalue weighted by Gasteiger charge is -2.36. The monoisotopic (exact) mass is 384 g/mol. The van der Waals surface area contributed by atoms with Gasteiger partial charge in [0.25, 0.3) is 5.91 Å². The van der Waals surface area contributed by atoms with E-state index in [-0.39, 0.29) is 28.4 Å². The third kappa shape index (κ3) is 4.01. The maximum Gasteiger partial charge on any atom is 0.255 e. The summed E-state index contributed by atoms with van der Waals surface area (Å²) in [6.45, 7) is 2.25. The van der Waals surface area contributed by atoms with E-state index in [1.54, 1.807) is 0 Å². The summed E-state index contributed by atoms with van der Waals surface area (Å²) in [4.78, 5) is 15.3. The van der Waals surface area contributed by atoms with Crippen LogP contribution >= 0.6 is 11.6 Å². The highest BCUT2D eigenvalue weighted by Gasteiger charge is 2.39. The smallest absolute Gasteiger partial charge is 0.255 e. The normalized spacial score (nSPS) is 24.1. The van der Waals surface area contributed by atoms with Crippen molar-refractivity contribution in [1.29, 1.82) is 0 Å². The Morgan fingerprint density at radius 3 is 2.20 bits per heavy atom. The highest BCUT2D eigenvalue weighted by atomic mass is 35.5. The van der Waals surface area contributed by atoms with Gasteiger partial charge in [0.2, 0.25) is 10.0 Å². The number of nitrogens with one attached hydrogen (secondary N) is 1. The molecule has 3 rings (SSSR count). The molecule has 2 aliphatic carbocycles. The van der Waals surface area contributed by atoms with Crippen LogP contribution in [0.4, 0.5) is 0 Å². The zero-order valence-corrected chi connectivity index (χ0v) is 16.2. The minimum Gasteiger partial charge on any atom is -0.333 e. The lowest BCUT2D eigenvalue weighted by atomic mass is 9.86. The van der Waals surface area contributed by atoms with Crippen molar-refractivity contribution in [2.45, 2.75) is 62.4 Å². The summed E-state index contributed by atoms with van der Waals surface area (Å²) < 4.78 is 26.4. The average Bonchev–Trinajstić information content (AvgIpc) is 3.42. The largest absolute Gasteiger partial charge is 0.333 e. The van der Waals surface area contributed by atoms with Crippen LogP contribution in [0.15, 0.2) is 23.1 Å². The Kier molecular flexibility index (Phi) is 5.42. The van der Waals surface area contributed by atoms with Gasteiger partial charge >= 0.3 is 0 Å². The van der Waals surface area contributed by atoms with Crippen molar-refractivity contribution in [1.82, 2.24) is 9.62 Å². The first kappa shape index (κ1) is 18.7. The van der Waals surface area contributed by atoms with E-state index in [1.807, 2.05) is 4.90 Å². The highest BCUT2D eigenvalue weighted by molar-refractivity contribution is 7.89. The van der Waals surface area contributed by atoms with E-state index in [2.05, 4.69) is 11.6 Å². The van der Waals surface area contributed by atoms with Crippen LogP contribution in [0.3, 0.4) is 0 Å². The van der Waals surface area contributed by atoms with Crippen molar-refractivity contribution in [2.75, 3.05) is 7.05 Å². The quantitative estimate of drug-likeness (QED) is 0.845. The van der Waals surface area contributed by atoms with Crippen LogP contribution in [-0.4, -0.2) is 38.4 Å². The molecule has 2 fully saturated rings. The Hall–Kier alpha value is -1.11. The van der Waals surface area contributed by atoms with Crippen molar-refractivity contribution >= 4 is 27.5 Å². The number of halogens is 1. The summed E-state index contributed by atoms with van der Waals surface area (Å²) in [5, 5.41) is 0.301. The lowest BCUT2D eigenvalue weighted by Crippen LogP contribution is -2.44. The van der Waals surface area contributed by atoms with Gasteiger partial charge in [0.1, 0.15) is 0 Å². The van der Waals surface area contributed by atoms with Crippen molar-refractivity contribution in [3.63, 3.8) is 0 Å². The second-order valence-electron chi connectivity index (χ2n) is 7.21. The maximum absolute atomic E-state index is 13.2. The summed E-state index contributed by atoms with van der Waals surface area (Å²) in [5.41, 5.74) is 0.281. The molecule has 7 heteroatoms. The molecule has 0 aromatic heterocycles. The van der Waals surface area contributed by atoms with Crippen LogP contribution in [0.25, 0.3) is 0 Å². The molecule has 5 nitrogen and oxygen atoms in total. The van der Waals surface area contributed by atoms with Gasteiger partial charge in [-0.1, -0.05) is 18.5 Å². The molecule has 1 aromatic rings. The first-order valence-electron chi connectivity index (χ1n) is 8.89. The van der Waals surface area contributed by atoms with Gasteiger partial charge in [0, 0.05) is 12.1 Å². The summed E-state index contributed by atoms with van der Waals surface area (Å²) in [7, 11) is -2.26. The van der Waals surface area contributed by atoms with Crippen LogP contribution < -0.4 is 4.72 Å². The second kappa shape index (κ2) is 7.25. The third-order valence-corrected chi connectivity index (χ3v) is 7.04. The van der Waals surface area contributed by atoms with Gasteiger partial charge in [-0.3, -0.25) is 4.79 Å². The summed E-state index contributed by atoms with van der Waals surface area (Å²) in [6, 6.07) is 4.82. The van der Waals surface area contributed by atoms with Crippen LogP contribution in [0.1, 0.15) is 55.8 Å². The third-order valence-electron chi connectivity index (χ3n) is 5.30. The van der Waals surface area contributed by atoms with Gasteiger partial charge in [0.15, 0.2) is 0 Å². The molecule has 0 atom stereocenters. The Balaban J connectivity index is 1.91. The number of benzene rings is 1. The van der Waals surface area contributed by atoms with Crippen LogP contribution in [0.2, 0.25) is 5.02 Å². The summed E-state index contributed by atoms with van der Waals surface area (Å²) in [5.74, 6) is 0.570. The van der Waals surface area contributed by atoms with Crippen LogP contribution in [0.5, 0.6) is 0 Å². The Bertz CT molecular complexity index is 754. The van der Waals surface area contributed by atoms with Crippen molar-refractivity contribution in [3.05, 3.63) is 28.8 Å². The summed E-state index contributed by atoms with van der Waals surface area (Å²) in [6.07, 6.45) is 6.31. The molecular weight excluding hydrogens is 360 g/mol. The number of amides is 1. The number of rotatable bonds is 5. The van der Waals surface area contributed by atoms with E-state index in [9.17, 15) is 13.2 Å². The number of nitrogens with zero attached hydrogens (tertiary/aromatic N) is 1. The minimum absolute atomic E-state index is 0.0655. The van der Waals surface area contributed by atoms with Crippen molar-refractivity contribution < 1.29 is 13.2 Å². The van der Waals surface area contributed by atoms with E-state index in [0.717, 1.165) is 38.5 Å². The van der Waals surface area contributed by atoms with Crippen molar-refractivity contribution in [2.24, 2.45) is 5.92 Å². The zero-order chi connectivity index (χ0) is 18.2. The van der Waals surface area contributed by atoms with E-state index in [1.165, 1.54) is 25.2 Å². The van der Waals surface area contributed by atoms with E-state index < -0.39 is 10.0 Å². The molecule has 2 saturated carbocycles. The van der Waals surface area contributed by atoms with E-state index in [4.69, 9.17) is 11.6 Å². The molecule has 1 amide bonds. The van der Waals surface area contributed by atoms with Gasteiger partial charge < -0.3 is 4.90 Å². The fraction of sp³-hybridized carbons (Fsp3) is 0.611. The first-order valence-corrected chi connectivity index (χ1v) is 10.8. The Morgan fingerprint density at radius 2 is 1.68 bits per heavy atom. The number of carbonyl (C=O) groups excluding carboxylic acids is 1. The molecule has 0 unspecified atom stereocenters. The molecule has 1 aromatic carbocycles. The predicted octanol–water partition coefficient (Wildman–Crippen LogP) is 3.43. The van der Waals surface area contributed by atoms with Crippen LogP contribution in [-0.2, 0) is 10.0 Å². The van der Waals surface area contributed by atoms with E-state index in [0.29, 0.717) is 10.9 Å². The lowest BCUT2D eigenvalue weighted by molar-refractivity contribution is 0.0593. The second-order valence-corrected chi connectivity index (χ2v) is 9.50. The Morgan fingerprint density at radius 1 is 1.12 bits per heavy atom. The predicted molar refractivity (Wildman–Crippen MR) is 98.3 cm³/mol. The fourth-order valence-corrected chi connectivity index (χ4v) is 4.55. The topological polar surface area (TPSA) is 66.5 Å². The minimum atomic E-state index is -3.61. The molecular formula is C18H25ClN2O3S. The number of hydrogen-bond donors (Lipinski definition) is 1. The molecule has 25 heavy (non-hydrogen) atoms.